The minimum atomic E-state index is -1.30. The molecule has 8 nitrogen and oxygen atoms in total. The lowest BCUT2D eigenvalue weighted by atomic mass is 9.97. The van der Waals surface area contributed by atoms with Gasteiger partial charge < -0.3 is 25.6 Å². The molecule has 0 aliphatic heterocycles. The topological polar surface area (TPSA) is 125 Å². The maximum atomic E-state index is 12.9. The number of carbonyl (C=O) groups is 3. The first kappa shape index (κ1) is 23.8. The normalized spacial score (nSPS) is 13.8. The Bertz CT molecular complexity index is 1260. The lowest BCUT2D eigenvalue weighted by Crippen LogP contribution is -2.54. The predicted molar refractivity (Wildman–Crippen MR) is 131 cm³/mol. The van der Waals surface area contributed by atoms with Crippen molar-refractivity contribution in [2.24, 2.45) is 0 Å². The molecule has 0 aromatic heterocycles. The first-order valence-corrected chi connectivity index (χ1v) is 11.2. The van der Waals surface area contributed by atoms with Gasteiger partial charge in [-0.3, -0.25) is 4.79 Å². The van der Waals surface area contributed by atoms with Crippen LogP contribution in [0.5, 0.6) is 5.75 Å². The van der Waals surface area contributed by atoms with E-state index in [0.717, 1.165) is 28.3 Å². The Morgan fingerprint density at radius 3 is 2.11 bits per heavy atom. The summed E-state index contributed by atoms with van der Waals surface area (Å²) in [5, 5.41) is 24.2. The molecule has 3 aromatic carbocycles. The van der Waals surface area contributed by atoms with E-state index in [-0.39, 0.29) is 30.2 Å². The van der Waals surface area contributed by atoms with Gasteiger partial charge in [-0.25, -0.2) is 9.59 Å². The van der Waals surface area contributed by atoms with Crippen molar-refractivity contribution in [3.05, 3.63) is 83.4 Å². The van der Waals surface area contributed by atoms with E-state index in [0.29, 0.717) is 0 Å². The summed E-state index contributed by atoms with van der Waals surface area (Å²) in [4.78, 5) is 36.7. The molecule has 0 heterocycles. The molecule has 1 aliphatic carbocycles. The number of rotatable bonds is 7. The van der Waals surface area contributed by atoms with Gasteiger partial charge in [-0.05, 0) is 47.7 Å². The first-order chi connectivity index (χ1) is 16.7. The van der Waals surface area contributed by atoms with Crippen LogP contribution in [0.2, 0.25) is 0 Å². The zero-order valence-corrected chi connectivity index (χ0v) is 19.4. The van der Waals surface area contributed by atoms with Crippen molar-refractivity contribution in [2.75, 3.05) is 11.9 Å². The van der Waals surface area contributed by atoms with E-state index in [9.17, 15) is 19.5 Å². The van der Waals surface area contributed by atoms with Crippen LogP contribution in [0.4, 0.5) is 10.5 Å². The third-order valence-corrected chi connectivity index (χ3v) is 6.42. The fraction of sp³-hybridized carbons (Fsp3) is 0.222. The van der Waals surface area contributed by atoms with E-state index in [1.807, 2.05) is 48.5 Å². The van der Waals surface area contributed by atoms with Gasteiger partial charge in [-0.1, -0.05) is 55.5 Å². The maximum absolute atomic E-state index is 12.9. The molecule has 1 unspecified atom stereocenters. The highest BCUT2D eigenvalue weighted by atomic mass is 16.5. The van der Waals surface area contributed by atoms with Crippen LogP contribution in [0, 0.1) is 0 Å². The van der Waals surface area contributed by atoms with Crippen LogP contribution in [0.3, 0.4) is 0 Å². The van der Waals surface area contributed by atoms with Gasteiger partial charge >= 0.3 is 12.1 Å². The van der Waals surface area contributed by atoms with E-state index in [2.05, 4.69) is 10.6 Å². The molecule has 4 rings (SSSR count). The number of aromatic carboxylic acids is 1. The van der Waals surface area contributed by atoms with E-state index < -0.39 is 29.3 Å². The van der Waals surface area contributed by atoms with Gasteiger partial charge in [0.15, 0.2) is 0 Å². The minimum Gasteiger partial charge on any atom is -0.507 e. The number of hydrogen-bond donors (Lipinski definition) is 4. The molecular weight excluding hydrogens is 448 g/mol. The Balaban J connectivity index is 1.42. The van der Waals surface area contributed by atoms with Crippen LogP contribution in [-0.2, 0) is 9.53 Å². The van der Waals surface area contributed by atoms with Gasteiger partial charge in [-0.2, -0.15) is 0 Å². The summed E-state index contributed by atoms with van der Waals surface area (Å²) in [7, 11) is 0. The van der Waals surface area contributed by atoms with Crippen LogP contribution in [0.1, 0.15) is 47.7 Å². The molecule has 0 fully saturated rings. The van der Waals surface area contributed by atoms with Gasteiger partial charge in [0.2, 0.25) is 5.91 Å². The van der Waals surface area contributed by atoms with Crippen molar-refractivity contribution in [2.45, 2.75) is 31.7 Å². The van der Waals surface area contributed by atoms with Crippen LogP contribution >= 0.6 is 0 Å². The number of benzene rings is 3. The van der Waals surface area contributed by atoms with Gasteiger partial charge in [0, 0.05) is 17.7 Å². The molecule has 1 atom stereocenters. The second-order valence-corrected chi connectivity index (χ2v) is 8.63. The molecular formula is C27H26N2O6. The monoisotopic (exact) mass is 474 g/mol. The molecule has 1 aliphatic rings. The SMILES string of the molecule is CCC(C)(NC(=O)OCC1c2ccccc2-c2ccccc21)C(=O)Nc1ccc(C(=O)O)c(O)c1. The summed E-state index contributed by atoms with van der Waals surface area (Å²) >= 11 is 0. The highest BCUT2D eigenvalue weighted by Gasteiger charge is 2.35. The Labute approximate surface area is 202 Å². The van der Waals surface area contributed by atoms with E-state index in [1.54, 1.807) is 13.8 Å². The number of carbonyl (C=O) groups excluding carboxylic acids is 2. The Kier molecular flexibility index (Phi) is 6.46. The zero-order chi connectivity index (χ0) is 25.2. The Morgan fingerprint density at radius 2 is 1.57 bits per heavy atom. The molecule has 4 N–H and O–H groups in total. The Hall–Kier alpha value is -4.33. The number of hydrogen-bond acceptors (Lipinski definition) is 5. The number of phenols is 1. The van der Waals surface area contributed by atoms with Crippen molar-refractivity contribution in [3.8, 4) is 16.9 Å². The number of anilines is 1. The average Bonchev–Trinajstić information content (AvgIpc) is 3.16. The number of ether oxygens (including phenoxy) is 1. The number of aromatic hydroxyl groups is 1. The lowest BCUT2D eigenvalue weighted by Gasteiger charge is -2.28. The minimum absolute atomic E-state index is 0.106. The van der Waals surface area contributed by atoms with Crippen LogP contribution in [0.25, 0.3) is 11.1 Å². The largest absolute Gasteiger partial charge is 0.507 e. The fourth-order valence-corrected chi connectivity index (χ4v) is 4.22. The summed E-state index contributed by atoms with van der Waals surface area (Å²) in [5.74, 6) is -2.39. The third kappa shape index (κ3) is 4.68. The van der Waals surface area contributed by atoms with Gasteiger partial charge in [0.1, 0.15) is 23.5 Å². The molecule has 8 heteroatoms. The second-order valence-electron chi connectivity index (χ2n) is 8.63. The standard InChI is InChI=1S/C27H26N2O6/c1-3-27(2,25(33)28-16-12-13-21(24(31)32)23(30)14-16)29-26(34)35-15-22-19-10-6-4-8-17(19)18-9-5-7-11-20(18)22/h4-14,22,30H,3,15H2,1-2H3,(H,28,33)(H,29,34)(H,31,32). The third-order valence-electron chi connectivity index (χ3n) is 6.42. The molecule has 35 heavy (non-hydrogen) atoms. The maximum Gasteiger partial charge on any atom is 0.408 e. The second kappa shape index (κ2) is 9.50. The average molecular weight is 475 g/mol. The first-order valence-electron chi connectivity index (χ1n) is 11.2. The van der Waals surface area contributed by atoms with Crippen molar-refractivity contribution in [3.63, 3.8) is 0 Å². The molecule has 180 valence electrons. The quantitative estimate of drug-likeness (QED) is 0.392. The van der Waals surface area contributed by atoms with Crippen molar-refractivity contribution in [1.82, 2.24) is 5.32 Å². The summed E-state index contributed by atoms with van der Waals surface area (Å²) in [5.41, 5.74) is 3.02. The van der Waals surface area contributed by atoms with Gasteiger partial charge in [0.05, 0.1) is 0 Å². The van der Waals surface area contributed by atoms with Crippen LogP contribution in [0.15, 0.2) is 66.7 Å². The number of carboxylic acids is 1. The highest BCUT2D eigenvalue weighted by molar-refractivity contribution is 6.00. The van der Waals surface area contributed by atoms with Crippen molar-refractivity contribution >= 4 is 23.7 Å². The smallest absolute Gasteiger partial charge is 0.408 e. The highest BCUT2D eigenvalue weighted by Crippen LogP contribution is 2.44. The summed E-state index contributed by atoms with van der Waals surface area (Å²) < 4.78 is 5.56. The summed E-state index contributed by atoms with van der Waals surface area (Å²) in [6, 6.07) is 19.7. The molecule has 0 spiro atoms. The fourth-order valence-electron chi connectivity index (χ4n) is 4.22. The van der Waals surface area contributed by atoms with Crippen LogP contribution < -0.4 is 10.6 Å². The van der Waals surface area contributed by atoms with Gasteiger partial charge in [-0.15, -0.1) is 0 Å². The molecule has 0 bridgehead atoms. The number of alkyl carbamates (subject to hydrolysis) is 1. The van der Waals surface area contributed by atoms with Crippen molar-refractivity contribution < 1.29 is 29.3 Å². The van der Waals surface area contributed by atoms with E-state index >= 15 is 0 Å². The number of carboxylic acid groups (broad SMARTS) is 1. The molecule has 0 saturated carbocycles. The summed E-state index contributed by atoms with van der Waals surface area (Å²) in [6.45, 7) is 3.43. The molecule has 3 aromatic rings. The number of fused-ring (bicyclic) bond motifs is 3. The molecule has 2 amide bonds. The van der Waals surface area contributed by atoms with Crippen molar-refractivity contribution in [1.29, 1.82) is 0 Å². The van der Waals surface area contributed by atoms with Crippen LogP contribution in [-0.4, -0.2) is 40.3 Å². The van der Waals surface area contributed by atoms with E-state index in [4.69, 9.17) is 9.84 Å². The number of nitrogens with one attached hydrogen (secondary N) is 2. The van der Waals surface area contributed by atoms with E-state index in [1.165, 1.54) is 12.1 Å². The lowest BCUT2D eigenvalue weighted by molar-refractivity contribution is -0.121. The Morgan fingerprint density at radius 1 is 0.971 bits per heavy atom. The number of amides is 2. The molecule has 0 saturated heterocycles. The molecule has 0 radical (unpaired) electrons. The summed E-state index contributed by atoms with van der Waals surface area (Å²) in [6.07, 6.45) is -0.460. The predicted octanol–water partition coefficient (Wildman–Crippen LogP) is 4.74. The van der Waals surface area contributed by atoms with Gasteiger partial charge in [0.25, 0.3) is 0 Å². The zero-order valence-electron chi connectivity index (χ0n) is 19.4.